The summed E-state index contributed by atoms with van der Waals surface area (Å²) in [6.07, 6.45) is 5.32. The van der Waals surface area contributed by atoms with Gasteiger partial charge in [-0.05, 0) is 40.0 Å². The van der Waals surface area contributed by atoms with Gasteiger partial charge < -0.3 is 4.90 Å². The first kappa shape index (κ1) is 16.5. The van der Waals surface area contributed by atoms with E-state index in [1.807, 2.05) is 39.0 Å². The zero-order valence-electron chi connectivity index (χ0n) is 14.7. The summed E-state index contributed by atoms with van der Waals surface area (Å²) in [7, 11) is 0. The van der Waals surface area contributed by atoms with Crippen molar-refractivity contribution in [3.63, 3.8) is 0 Å². The summed E-state index contributed by atoms with van der Waals surface area (Å²) < 4.78 is 1.55. The van der Waals surface area contributed by atoms with Gasteiger partial charge in [-0.1, -0.05) is 35.9 Å². The van der Waals surface area contributed by atoms with Crippen molar-refractivity contribution in [3.05, 3.63) is 47.7 Å². The van der Waals surface area contributed by atoms with Gasteiger partial charge in [0.1, 0.15) is 5.69 Å². The molecule has 3 rings (SSSR count). The Morgan fingerprint density at radius 1 is 1.08 bits per heavy atom. The van der Waals surface area contributed by atoms with E-state index in [0.29, 0.717) is 0 Å². The van der Waals surface area contributed by atoms with Crippen LogP contribution in [0.2, 0.25) is 0 Å². The number of piperidine rings is 1. The molecular formula is C20H25N3O. The molecule has 2 aromatic rings. The minimum absolute atomic E-state index is 0.0760. The fraction of sp³-hybridized carbons (Fsp3) is 0.400. The van der Waals surface area contributed by atoms with Crippen LogP contribution in [0.25, 0.3) is 11.3 Å². The molecule has 2 heterocycles. The van der Waals surface area contributed by atoms with E-state index in [0.717, 1.165) is 41.3 Å². The summed E-state index contributed by atoms with van der Waals surface area (Å²) in [6.45, 7) is 7.92. The molecule has 0 N–H and O–H groups in total. The minimum atomic E-state index is -0.0760. The monoisotopic (exact) mass is 323 g/mol. The lowest BCUT2D eigenvalue weighted by molar-refractivity contribution is 0.0951. The molecule has 126 valence electrons. The lowest BCUT2D eigenvalue weighted by atomic mass is 10.1. The second-order valence-corrected chi connectivity index (χ2v) is 6.67. The van der Waals surface area contributed by atoms with Crippen molar-refractivity contribution in [2.75, 3.05) is 18.0 Å². The van der Waals surface area contributed by atoms with E-state index < -0.39 is 0 Å². The summed E-state index contributed by atoms with van der Waals surface area (Å²) in [5, 5.41) is 4.69. The van der Waals surface area contributed by atoms with E-state index in [-0.39, 0.29) is 5.91 Å². The second-order valence-electron chi connectivity index (χ2n) is 6.67. The molecule has 1 aromatic heterocycles. The first-order valence-electron chi connectivity index (χ1n) is 8.67. The number of aromatic nitrogens is 2. The highest BCUT2D eigenvalue weighted by molar-refractivity contribution is 5.92. The zero-order chi connectivity index (χ0) is 17.1. The van der Waals surface area contributed by atoms with E-state index in [1.54, 1.807) is 10.8 Å². The molecule has 0 bridgehead atoms. The Morgan fingerprint density at radius 3 is 2.38 bits per heavy atom. The predicted octanol–water partition coefficient (Wildman–Crippen LogP) is 4.46. The number of carbonyl (C=O) groups is 1. The van der Waals surface area contributed by atoms with Crippen LogP contribution < -0.4 is 4.90 Å². The van der Waals surface area contributed by atoms with Crippen molar-refractivity contribution < 1.29 is 4.79 Å². The molecule has 0 atom stereocenters. The maximum absolute atomic E-state index is 12.6. The molecule has 0 spiro atoms. The number of hydrogen-bond acceptors (Lipinski definition) is 3. The zero-order valence-corrected chi connectivity index (χ0v) is 14.7. The fourth-order valence-electron chi connectivity index (χ4n) is 3.30. The summed E-state index contributed by atoms with van der Waals surface area (Å²) in [5.74, 6) is -0.0760. The molecule has 4 nitrogen and oxygen atoms in total. The Bertz CT molecular complexity index is 749. The minimum Gasteiger partial charge on any atom is -0.368 e. The van der Waals surface area contributed by atoms with E-state index >= 15 is 0 Å². The molecule has 1 fully saturated rings. The Kier molecular flexibility index (Phi) is 4.84. The van der Waals surface area contributed by atoms with Crippen molar-refractivity contribution in [2.45, 2.75) is 40.0 Å². The third kappa shape index (κ3) is 3.28. The summed E-state index contributed by atoms with van der Waals surface area (Å²) >= 11 is 0. The smallest absolute Gasteiger partial charge is 0.271 e. The van der Waals surface area contributed by atoms with Gasteiger partial charge in [-0.3, -0.25) is 4.79 Å². The maximum Gasteiger partial charge on any atom is 0.271 e. The van der Waals surface area contributed by atoms with Gasteiger partial charge in [-0.15, -0.1) is 0 Å². The lowest BCUT2D eigenvalue weighted by Crippen LogP contribution is -2.30. The SMILES string of the molecule is CC(C)=CC(=O)n1nc(-c2ccccc2)c(N2CCCCC2)c1C. The van der Waals surface area contributed by atoms with Gasteiger partial charge >= 0.3 is 0 Å². The normalized spacial score (nSPS) is 14.5. The van der Waals surface area contributed by atoms with Crippen LogP contribution >= 0.6 is 0 Å². The average molecular weight is 323 g/mol. The Labute approximate surface area is 143 Å². The fourth-order valence-corrected chi connectivity index (χ4v) is 3.30. The van der Waals surface area contributed by atoms with Crippen LogP contribution in [0.15, 0.2) is 42.0 Å². The summed E-state index contributed by atoms with van der Waals surface area (Å²) in [6, 6.07) is 10.2. The molecule has 24 heavy (non-hydrogen) atoms. The van der Waals surface area contributed by atoms with Gasteiger partial charge in [0.25, 0.3) is 5.91 Å². The molecular weight excluding hydrogens is 298 g/mol. The van der Waals surface area contributed by atoms with Crippen LogP contribution in [0.3, 0.4) is 0 Å². The van der Waals surface area contributed by atoms with Gasteiger partial charge in [0, 0.05) is 24.7 Å². The van der Waals surface area contributed by atoms with Crippen molar-refractivity contribution in [2.24, 2.45) is 0 Å². The molecule has 1 aliphatic heterocycles. The number of hydrogen-bond donors (Lipinski definition) is 0. The number of allylic oxidation sites excluding steroid dienone is 2. The first-order chi connectivity index (χ1) is 11.6. The third-order valence-electron chi connectivity index (χ3n) is 4.43. The second kappa shape index (κ2) is 7.04. The first-order valence-corrected chi connectivity index (χ1v) is 8.67. The number of carbonyl (C=O) groups excluding carboxylic acids is 1. The van der Waals surface area contributed by atoms with E-state index in [4.69, 9.17) is 0 Å². The largest absolute Gasteiger partial charge is 0.368 e. The third-order valence-corrected chi connectivity index (χ3v) is 4.43. The number of rotatable bonds is 3. The summed E-state index contributed by atoms with van der Waals surface area (Å²) in [5.41, 5.74) is 4.99. The van der Waals surface area contributed by atoms with E-state index in [1.165, 1.54) is 19.3 Å². The molecule has 0 amide bonds. The quantitative estimate of drug-likeness (QED) is 0.783. The Hall–Kier alpha value is -2.36. The van der Waals surface area contributed by atoms with Gasteiger partial charge in [-0.2, -0.15) is 9.78 Å². The molecule has 0 unspecified atom stereocenters. The van der Waals surface area contributed by atoms with E-state index in [2.05, 4.69) is 22.1 Å². The number of nitrogens with zero attached hydrogens (tertiary/aromatic N) is 3. The van der Waals surface area contributed by atoms with Gasteiger partial charge in [-0.25, -0.2) is 0 Å². The van der Waals surface area contributed by atoms with Crippen LogP contribution in [0, 0.1) is 6.92 Å². The molecule has 1 saturated heterocycles. The molecule has 0 saturated carbocycles. The highest BCUT2D eigenvalue weighted by atomic mass is 16.2. The lowest BCUT2D eigenvalue weighted by Gasteiger charge is -2.29. The highest BCUT2D eigenvalue weighted by Crippen LogP contribution is 2.34. The maximum atomic E-state index is 12.6. The molecule has 1 aliphatic rings. The van der Waals surface area contributed by atoms with Crippen molar-refractivity contribution >= 4 is 11.6 Å². The Morgan fingerprint density at radius 2 is 1.75 bits per heavy atom. The van der Waals surface area contributed by atoms with Crippen LogP contribution in [0.4, 0.5) is 5.69 Å². The van der Waals surface area contributed by atoms with Gasteiger partial charge in [0.05, 0.1) is 11.4 Å². The van der Waals surface area contributed by atoms with Crippen LogP contribution in [0.1, 0.15) is 43.6 Å². The van der Waals surface area contributed by atoms with Gasteiger partial charge in [0.15, 0.2) is 0 Å². The number of benzene rings is 1. The van der Waals surface area contributed by atoms with Crippen LogP contribution in [-0.2, 0) is 0 Å². The molecule has 4 heteroatoms. The van der Waals surface area contributed by atoms with E-state index in [9.17, 15) is 4.79 Å². The summed E-state index contributed by atoms with van der Waals surface area (Å²) in [4.78, 5) is 15.0. The Balaban J connectivity index is 2.12. The highest BCUT2D eigenvalue weighted by Gasteiger charge is 2.24. The molecule has 1 aromatic carbocycles. The van der Waals surface area contributed by atoms with Crippen molar-refractivity contribution in [3.8, 4) is 11.3 Å². The topological polar surface area (TPSA) is 38.1 Å². The van der Waals surface area contributed by atoms with Crippen LogP contribution in [0.5, 0.6) is 0 Å². The number of anilines is 1. The average Bonchev–Trinajstić information content (AvgIpc) is 2.93. The molecule has 0 radical (unpaired) electrons. The predicted molar refractivity (Wildman–Crippen MR) is 98.5 cm³/mol. The standard InChI is InChI=1S/C20H25N3O/c1-15(2)14-18(24)23-16(3)20(22-12-8-5-9-13-22)19(21-23)17-10-6-4-7-11-17/h4,6-7,10-11,14H,5,8-9,12-13H2,1-3H3. The van der Waals surface area contributed by atoms with Crippen molar-refractivity contribution in [1.82, 2.24) is 9.78 Å². The van der Waals surface area contributed by atoms with Gasteiger partial charge in [0.2, 0.25) is 0 Å². The van der Waals surface area contributed by atoms with Crippen LogP contribution in [-0.4, -0.2) is 28.8 Å². The molecule has 0 aliphatic carbocycles. The van der Waals surface area contributed by atoms with Crippen molar-refractivity contribution in [1.29, 1.82) is 0 Å².